The molecule has 1 N–H and O–H groups in total. The molecule has 0 unspecified atom stereocenters. The van der Waals surface area contributed by atoms with Crippen molar-refractivity contribution in [2.75, 3.05) is 13.1 Å². The van der Waals surface area contributed by atoms with E-state index in [0.29, 0.717) is 48.2 Å². The highest BCUT2D eigenvalue weighted by Crippen LogP contribution is 2.36. The van der Waals surface area contributed by atoms with Gasteiger partial charge in [0.05, 0.1) is 16.7 Å². The maximum Gasteiger partial charge on any atom is 0.261 e. The molecule has 1 aliphatic heterocycles. The lowest BCUT2D eigenvalue weighted by molar-refractivity contribution is -0.117. The fourth-order valence-electron chi connectivity index (χ4n) is 3.97. The number of aliphatic hydroxyl groups is 1. The van der Waals surface area contributed by atoms with Crippen LogP contribution < -0.4 is 0 Å². The molecule has 2 aliphatic rings. The summed E-state index contributed by atoms with van der Waals surface area (Å²) in [5.74, 6) is -0.692. The van der Waals surface area contributed by atoms with Crippen LogP contribution in [0.4, 0.5) is 0 Å². The van der Waals surface area contributed by atoms with Crippen LogP contribution in [-0.2, 0) is 4.79 Å². The Bertz CT molecular complexity index is 876. The smallest absolute Gasteiger partial charge is 0.261 e. The van der Waals surface area contributed by atoms with Crippen LogP contribution in [-0.4, -0.2) is 46.4 Å². The zero-order valence-electron chi connectivity index (χ0n) is 17.3. The normalized spacial score (nSPS) is 21.7. The molecule has 6 nitrogen and oxygen atoms in total. The first-order valence-corrected chi connectivity index (χ1v) is 10.2. The van der Waals surface area contributed by atoms with Gasteiger partial charge in [0.15, 0.2) is 5.78 Å². The number of carbonyl (C=O) groups is 3. The van der Waals surface area contributed by atoms with E-state index in [-0.39, 0.29) is 41.7 Å². The van der Waals surface area contributed by atoms with Crippen molar-refractivity contribution in [2.24, 2.45) is 10.4 Å². The first-order chi connectivity index (χ1) is 13.7. The molecule has 0 radical (unpaired) electrons. The highest BCUT2D eigenvalue weighted by atomic mass is 16.3. The lowest BCUT2D eigenvalue weighted by Gasteiger charge is -2.31. The Hall–Kier alpha value is -2.76. The van der Waals surface area contributed by atoms with Crippen molar-refractivity contribution in [3.63, 3.8) is 0 Å². The molecule has 1 aliphatic carbocycles. The van der Waals surface area contributed by atoms with Gasteiger partial charge in [-0.05, 0) is 36.8 Å². The van der Waals surface area contributed by atoms with Crippen molar-refractivity contribution in [3.05, 3.63) is 46.7 Å². The Labute approximate surface area is 171 Å². The molecule has 6 heteroatoms. The third-order valence-corrected chi connectivity index (χ3v) is 5.34. The Morgan fingerprint density at radius 2 is 1.72 bits per heavy atom. The molecule has 1 heterocycles. The minimum atomic E-state index is -0.307. The first kappa shape index (κ1) is 21.0. The van der Waals surface area contributed by atoms with Gasteiger partial charge in [-0.15, -0.1) is 0 Å². The fraction of sp³-hybridized carbons (Fsp3) is 0.478. The third-order valence-electron chi connectivity index (χ3n) is 5.34. The summed E-state index contributed by atoms with van der Waals surface area (Å²) in [5, 5.41) is 10.7. The van der Waals surface area contributed by atoms with Crippen LogP contribution in [0.1, 0.15) is 73.6 Å². The standard InChI is InChI=1S/C23H28N2O4/c1-4-11-24-17-13-23(2,3)14-19(27)20(17)18(26)10-7-12-25-21(28)15-8-5-6-9-16(15)22(25)29/h5-6,8-9,26H,4,7,10-14H2,1-3H3/b20-18-,24-17?. The molecule has 0 bridgehead atoms. The molecule has 1 fully saturated rings. The number of aliphatic hydroxyl groups excluding tert-OH is 1. The Kier molecular flexibility index (Phi) is 6.01. The van der Waals surface area contributed by atoms with Crippen molar-refractivity contribution >= 4 is 23.3 Å². The van der Waals surface area contributed by atoms with Gasteiger partial charge >= 0.3 is 0 Å². The molecule has 3 rings (SSSR count). The van der Waals surface area contributed by atoms with Crippen molar-refractivity contribution in [1.82, 2.24) is 4.90 Å². The number of hydrogen-bond donors (Lipinski definition) is 1. The second-order valence-corrected chi connectivity index (χ2v) is 8.50. The Morgan fingerprint density at radius 3 is 2.31 bits per heavy atom. The highest BCUT2D eigenvalue weighted by Gasteiger charge is 2.37. The van der Waals surface area contributed by atoms with E-state index >= 15 is 0 Å². The number of Topliss-reactive ketones (excluding diaryl/α,β-unsaturated/α-hetero) is 1. The highest BCUT2D eigenvalue weighted by molar-refractivity contribution is 6.24. The largest absolute Gasteiger partial charge is 0.511 e. The molecule has 0 aromatic heterocycles. The van der Waals surface area contributed by atoms with Gasteiger partial charge in [-0.25, -0.2) is 0 Å². The van der Waals surface area contributed by atoms with Gasteiger partial charge in [0, 0.05) is 31.6 Å². The number of rotatable bonds is 6. The summed E-state index contributed by atoms with van der Waals surface area (Å²) in [6.07, 6.45) is 2.50. The van der Waals surface area contributed by atoms with E-state index in [0.717, 1.165) is 6.42 Å². The molecule has 0 saturated heterocycles. The number of nitrogens with zero attached hydrogens (tertiary/aromatic N) is 2. The van der Waals surface area contributed by atoms with Crippen molar-refractivity contribution < 1.29 is 19.5 Å². The number of amides is 2. The van der Waals surface area contributed by atoms with Crippen LogP contribution in [0.25, 0.3) is 0 Å². The zero-order valence-corrected chi connectivity index (χ0v) is 17.3. The van der Waals surface area contributed by atoms with Crippen LogP contribution in [0.15, 0.2) is 40.6 Å². The third kappa shape index (κ3) is 4.31. The van der Waals surface area contributed by atoms with Crippen molar-refractivity contribution in [3.8, 4) is 0 Å². The van der Waals surface area contributed by atoms with E-state index in [1.807, 2.05) is 20.8 Å². The predicted octanol–water partition coefficient (Wildman–Crippen LogP) is 4.12. The van der Waals surface area contributed by atoms with Crippen LogP contribution in [0, 0.1) is 5.41 Å². The number of hydrogen-bond acceptors (Lipinski definition) is 5. The SMILES string of the molecule is CCCN=C1CC(C)(C)CC(=O)/C1=C(\O)CCCN1C(=O)c2ccccc2C1=O. The lowest BCUT2D eigenvalue weighted by Crippen LogP contribution is -2.33. The fourth-order valence-corrected chi connectivity index (χ4v) is 3.97. The van der Waals surface area contributed by atoms with Crippen LogP contribution in [0.5, 0.6) is 0 Å². The summed E-state index contributed by atoms with van der Waals surface area (Å²) >= 11 is 0. The quantitative estimate of drug-likeness (QED) is 0.445. The second-order valence-electron chi connectivity index (χ2n) is 8.50. The topological polar surface area (TPSA) is 87.0 Å². The summed E-state index contributed by atoms with van der Waals surface area (Å²) in [6.45, 7) is 6.89. The molecule has 29 heavy (non-hydrogen) atoms. The second kappa shape index (κ2) is 8.31. The summed E-state index contributed by atoms with van der Waals surface area (Å²) in [4.78, 5) is 43.3. The van der Waals surface area contributed by atoms with Crippen LogP contribution >= 0.6 is 0 Å². The molecule has 1 saturated carbocycles. The molecule has 2 amide bonds. The molecule has 154 valence electrons. The summed E-state index contributed by atoms with van der Waals surface area (Å²) in [5.41, 5.74) is 1.66. The molecule has 1 aromatic carbocycles. The average Bonchev–Trinajstić information content (AvgIpc) is 2.90. The number of ketones is 1. The summed E-state index contributed by atoms with van der Waals surface area (Å²) in [7, 11) is 0. The summed E-state index contributed by atoms with van der Waals surface area (Å²) < 4.78 is 0. The first-order valence-electron chi connectivity index (χ1n) is 10.2. The molecule has 0 atom stereocenters. The molecule has 1 aromatic rings. The van der Waals surface area contributed by atoms with Crippen molar-refractivity contribution in [2.45, 2.75) is 52.9 Å². The van der Waals surface area contributed by atoms with Gasteiger partial charge in [0.2, 0.25) is 0 Å². The van der Waals surface area contributed by atoms with Gasteiger partial charge in [-0.2, -0.15) is 0 Å². The number of aliphatic imine (C=N–C) groups is 1. The number of benzene rings is 1. The number of carbonyl (C=O) groups excluding carboxylic acids is 3. The van der Waals surface area contributed by atoms with Crippen molar-refractivity contribution in [1.29, 1.82) is 0 Å². The maximum absolute atomic E-state index is 12.7. The Morgan fingerprint density at radius 1 is 1.10 bits per heavy atom. The van der Waals surface area contributed by atoms with E-state index in [2.05, 4.69) is 4.99 Å². The van der Waals surface area contributed by atoms with E-state index in [1.54, 1.807) is 24.3 Å². The molecule has 0 spiro atoms. The maximum atomic E-state index is 12.7. The number of allylic oxidation sites excluding steroid dienone is 2. The van der Waals surface area contributed by atoms with E-state index in [4.69, 9.17) is 0 Å². The van der Waals surface area contributed by atoms with Gasteiger partial charge in [-0.3, -0.25) is 24.3 Å². The van der Waals surface area contributed by atoms with Gasteiger partial charge in [0.25, 0.3) is 11.8 Å². The molecular formula is C23H28N2O4. The number of imide groups is 1. The number of fused-ring (bicyclic) bond motifs is 1. The van der Waals surface area contributed by atoms with E-state index < -0.39 is 0 Å². The van der Waals surface area contributed by atoms with Crippen LogP contribution in [0.2, 0.25) is 0 Å². The van der Waals surface area contributed by atoms with Gasteiger partial charge < -0.3 is 5.11 Å². The van der Waals surface area contributed by atoms with E-state index in [9.17, 15) is 19.5 Å². The summed E-state index contributed by atoms with van der Waals surface area (Å²) in [6, 6.07) is 6.76. The van der Waals surface area contributed by atoms with E-state index in [1.165, 1.54) is 4.90 Å². The zero-order chi connectivity index (χ0) is 21.2. The van der Waals surface area contributed by atoms with Gasteiger partial charge in [-0.1, -0.05) is 32.9 Å². The minimum absolute atomic E-state index is 0.0111. The lowest BCUT2D eigenvalue weighted by atomic mass is 9.73. The predicted molar refractivity (Wildman–Crippen MR) is 111 cm³/mol. The van der Waals surface area contributed by atoms with Crippen LogP contribution in [0.3, 0.4) is 0 Å². The molecular weight excluding hydrogens is 368 g/mol. The van der Waals surface area contributed by atoms with Gasteiger partial charge in [0.1, 0.15) is 5.76 Å². The monoisotopic (exact) mass is 396 g/mol. The minimum Gasteiger partial charge on any atom is -0.511 e. The average molecular weight is 396 g/mol. The Balaban J connectivity index is 1.71.